The van der Waals surface area contributed by atoms with Gasteiger partial charge in [0.2, 0.25) is 11.8 Å². The number of carbonyl (C=O) groups is 5. The van der Waals surface area contributed by atoms with Gasteiger partial charge < -0.3 is 26.6 Å². The van der Waals surface area contributed by atoms with Gasteiger partial charge >= 0.3 is 0 Å². The number of aromatic nitrogens is 1. The molecule has 2 aromatic rings. The molecule has 0 saturated carbocycles. The number of ketones is 1. The number of hydrogen-bond acceptors (Lipinski definition) is 9. The molecule has 6 N–H and O–H groups in total. The van der Waals surface area contributed by atoms with Crippen LogP contribution in [0.15, 0.2) is 36.5 Å². The average molecular weight is 690 g/mol. The summed E-state index contributed by atoms with van der Waals surface area (Å²) < 4.78 is 25.7. The molecule has 2 aliphatic rings. The number of para-hydroxylation sites is 1. The first-order chi connectivity index (χ1) is 23.1. The molecule has 3 amide bonds. The number of fused-ring (bicyclic) bond motifs is 2. The predicted octanol–water partition coefficient (Wildman–Crippen LogP) is 3.14. The van der Waals surface area contributed by atoms with E-state index >= 15 is 0 Å². The molecule has 2 saturated heterocycles. The fraction of sp³-hybridized carbons (Fsp3) is 0.600. The third-order valence-electron chi connectivity index (χ3n) is 9.18. The Bertz CT molecular complexity index is 1420. The van der Waals surface area contributed by atoms with Gasteiger partial charge in [0.15, 0.2) is 12.5 Å². The van der Waals surface area contributed by atoms with Crippen LogP contribution in [0.4, 0.5) is 8.78 Å². The Balaban J connectivity index is 0.000000322. The molecule has 1 aromatic carbocycles. The van der Waals surface area contributed by atoms with Crippen LogP contribution in [-0.4, -0.2) is 89.6 Å². The van der Waals surface area contributed by atoms with Gasteiger partial charge in [0.05, 0.1) is 5.52 Å². The Hall–Kier alpha value is -3.88. The van der Waals surface area contributed by atoms with Crippen LogP contribution in [0.1, 0.15) is 84.5 Å². The summed E-state index contributed by atoms with van der Waals surface area (Å²) in [7, 11) is 0. The number of pyridine rings is 1. The summed E-state index contributed by atoms with van der Waals surface area (Å²) in [5.74, 6) is -3.31. The molecular formula is C35H53F2N7O5. The number of alkyl halides is 2. The van der Waals surface area contributed by atoms with Crippen molar-refractivity contribution in [3.8, 4) is 0 Å². The average Bonchev–Trinajstić information content (AvgIpc) is 3.66. The summed E-state index contributed by atoms with van der Waals surface area (Å²) in [5, 5.41) is 10.2. The predicted molar refractivity (Wildman–Crippen MR) is 185 cm³/mol. The molecule has 49 heavy (non-hydrogen) atoms. The zero-order valence-electron chi connectivity index (χ0n) is 29.6. The van der Waals surface area contributed by atoms with Gasteiger partial charge in [-0.2, -0.15) is 8.78 Å². The van der Waals surface area contributed by atoms with Crippen LogP contribution >= 0.6 is 0 Å². The standard InChI is InChI=1S/C17H27F2N5O4.C10H7NO.C8H19N/c1-4-8(2)21-16(28)13(26)14(23-17(18)19)22-15(27)12-11-10(5-6-20-11)7-24(12)9(3)25;12-7-8-5-6-11-10-4-2-1-3-9(8)10;1-5-6-8(3,4)7(2)9/h8,10-12,14,17,20,23H,4-7H2,1-3H3,(H,21,28)(H,22,27);1-7H;7H,5-6,9H2,1-4H3/t8-,10-,11-,12?,14?;;7-/m0.1/s1. The summed E-state index contributed by atoms with van der Waals surface area (Å²) in [5.41, 5.74) is 7.64. The minimum Gasteiger partial charge on any atom is -0.347 e. The van der Waals surface area contributed by atoms with Crippen molar-refractivity contribution in [1.82, 2.24) is 31.2 Å². The highest BCUT2D eigenvalue weighted by atomic mass is 19.3. The summed E-state index contributed by atoms with van der Waals surface area (Å²) in [6, 6.07) is 8.05. The van der Waals surface area contributed by atoms with Gasteiger partial charge in [-0.15, -0.1) is 0 Å². The summed E-state index contributed by atoms with van der Waals surface area (Å²) >= 11 is 0. The summed E-state index contributed by atoms with van der Waals surface area (Å²) in [6.45, 7) is 11.4. The molecular weight excluding hydrogens is 636 g/mol. The van der Waals surface area contributed by atoms with Crippen molar-refractivity contribution < 1.29 is 32.8 Å². The first kappa shape index (κ1) is 41.3. The van der Waals surface area contributed by atoms with Crippen LogP contribution in [0.2, 0.25) is 0 Å². The van der Waals surface area contributed by atoms with E-state index in [2.05, 4.69) is 48.6 Å². The number of nitrogens with two attached hydrogens (primary N) is 1. The molecule has 2 aliphatic heterocycles. The summed E-state index contributed by atoms with van der Waals surface area (Å²) in [6.07, 6.45) is 4.39. The quantitative estimate of drug-likeness (QED) is 0.0971. The Kier molecular flexibility index (Phi) is 16.3. The van der Waals surface area contributed by atoms with Crippen LogP contribution in [-0.2, 0) is 19.2 Å². The number of nitrogens with zero attached hydrogens (tertiary/aromatic N) is 2. The van der Waals surface area contributed by atoms with Crippen molar-refractivity contribution in [1.29, 1.82) is 0 Å². The molecule has 272 valence electrons. The molecule has 0 aliphatic carbocycles. The highest BCUT2D eigenvalue weighted by Crippen LogP contribution is 2.30. The Morgan fingerprint density at radius 1 is 1.12 bits per heavy atom. The largest absolute Gasteiger partial charge is 0.347 e. The molecule has 6 atom stereocenters. The number of benzene rings is 1. The van der Waals surface area contributed by atoms with E-state index < -0.39 is 36.4 Å². The van der Waals surface area contributed by atoms with Gasteiger partial charge in [0, 0.05) is 48.7 Å². The fourth-order valence-electron chi connectivity index (χ4n) is 5.70. The normalized spacial score (nSPS) is 20.1. The maximum atomic E-state index is 12.9. The van der Waals surface area contributed by atoms with E-state index in [1.165, 1.54) is 24.7 Å². The van der Waals surface area contributed by atoms with E-state index in [1.807, 2.05) is 24.3 Å². The van der Waals surface area contributed by atoms with E-state index in [1.54, 1.807) is 31.4 Å². The Labute approximate surface area is 287 Å². The molecule has 0 radical (unpaired) electrons. The molecule has 2 fully saturated rings. The van der Waals surface area contributed by atoms with Crippen molar-refractivity contribution in [2.45, 2.75) is 111 Å². The highest BCUT2D eigenvalue weighted by molar-refractivity contribution is 6.38. The summed E-state index contributed by atoms with van der Waals surface area (Å²) in [4.78, 5) is 65.1. The molecule has 0 spiro atoms. The number of carbonyl (C=O) groups excluding carboxylic acids is 5. The van der Waals surface area contributed by atoms with E-state index in [0.717, 1.165) is 23.6 Å². The second-order valence-electron chi connectivity index (χ2n) is 13.3. The number of aldehydes is 1. The van der Waals surface area contributed by atoms with E-state index in [0.29, 0.717) is 36.5 Å². The van der Waals surface area contributed by atoms with Gasteiger partial charge in [-0.05, 0) is 63.1 Å². The minimum atomic E-state index is -3.13. The lowest BCUT2D eigenvalue weighted by Gasteiger charge is -2.28. The van der Waals surface area contributed by atoms with E-state index in [-0.39, 0.29) is 23.9 Å². The first-order valence-corrected chi connectivity index (χ1v) is 16.8. The lowest BCUT2D eigenvalue weighted by molar-refractivity contribution is -0.143. The van der Waals surface area contributed by atoms with Crippen LogP contribution in [0.25, 0.3) is 10.9 Å². The van der Waals surface area contributed by atoms with Crippen molar-refractivity contribution in [3.05, 3.63) is 42.1 Å². The number of hydrogen-bond donors (Lipinski definition) is 5. The molecule has 4 rings (SSSR count). The van der Waals surface area contributed by atoms with Crippen molar-refractivity contribution >= 4 is 40.7 Å². The number of nitrogens with one attached hydrogen (secondary N) is 4. The minimum absolute atomic E-state index is 0.0746. The SMILES string of the molecule is CCCC(C)(C)[C@@H](C)N.CC[C@H](C)NC(=O)C(=O)C(NC(=O)C1[C@H]2NCC[C@H]2CN1C(C)=O)NC(F)F.O=Cc1ccnc2ccccc12. The number of likely N-dealkylation sites (tertiary alicyclic amines) is 1. The van der Waals surface area contributed by atoms with Gasteiger partial charge in [-0.3, -0.25) is 29.0 Å². The van der Waals surface area contributed by atoms with Crippen LogP contribution in [0.3, 0.4) is 0 Å². The zero-order chi connectivity index (χ0) is 36.9. The number of halogens is 2. The van der Waals surface area contributed by atoms with Crippen LogP contribution in [0.5, 0.6) is 0 Å². The highest BCUT2D eigenvalue weighted by Gasteiger charge is 2.49. The number of amides is 3. The molecule has 14 heteroatoms. The van der Waals surface area contributed by atoms with Gasteiger partial charge in [0.25, 0.3) is 18.2 Å². The van der Waals surface area contributed by atoms with E-state index in [9.17, 15) is 32.8 Å². The molecule has 2 unspecified atom stereocenters. The first-order valence-electron chi connectivity index (χ1n) is 16.8. The third-order valence-corrected chi connectivity index (χ3v) is 9.18. The van der Waals surface area contributed by atoms with Crippen LogP contribution < -0.4 is 27.0 Å². The molecule has 3 heterocycles. The smallest absolute Gasteiger partial charge is 0.294 e. The molecule has 1 aromatic heterocycles. The lowest BCUT2D eigenvalue weighted by atomic mass is 9.82. The molecule has 0 bridgehead atoms. The lowest BCUT2D eigenvalue weighted by Crippen LogP contribution is -2.62. The van der Waals surface area contributed by atoms with Gasteiger partial charge in [-0.1, -0.05) is 52.3 Å². The fourth-order valence-corrected chi connectivity index (χ4v) is 5.70. The number of Topliss-reactive ketones (excluding diaryl/α,β-unsaturated/α-hetero) is 1. The second-order valence-corrected chi connectivity index (χ2v) is 13.3. The van der Waals surface area contributed by atoms with Crippen molar-refractivity contribution in [3.63, 3.8) is 0 Å². The Morgan fingerprint density at radius 2 is 1.80 bits per heavy atom. The molecule has 12 nitrogen and oxygen atoms in total. The van der Waals surface area contributed by atoms with Gasteiger partial charge in [0.1, 0.15) is 6.04 Å². The topological polar surface area (TPSA) is 176 Å². The number of rotatable bonds is 12. The van der Waals surface area contributed by atoms with Crippen LogP contribution in [0, 0.1) is 11.3 Å². The van der Waals surface area contributed by atoms with E-state index in [4.69, 9.17) is 5.73 Å². The maximum Gasteiger partial charge on any atom is 0.294 e. The van der Waals surface area contributed by atoms with Gasteiger partial charge in [-0.25, -0.2) is 5.32 Å². The third kappa shape index (κ3) is 11.9. The zero-order valence-corrected chi connectivity index (χ0v) is 29.6. The monoisotopic (exact) mass is 689 g/mol. The van der Waals surface area contributed by atoms with Crippen molar-refractivity contribution in [2.24, 2.45) is 17.1 Å². The maximum absolute atomic E-state index is 12.9. The van der Waals surface area contributed by atoms with Crippen molar-refractivity contribution in [2.75, 3.05) is 13.1 Å². The Morgan fingerprint density at radius 3 is 2.35 bits per heavy atom. The second kappa shape index (κ2) is 19.3.